The Balaban J connectivity index is 1.31. The Kier molecular flexibility index (Phi) is 8.95. The van der Waals surface area contributed by atoms with Crippen LogP contribution in [0.2, 0.25) is 0 Å². The number of allylic oxidation sites excluding steroid dienone is 2. The summed E-state index contributed by atoms with van der Waals surface area (Å²) >= 11 is 0. The van der Waals surface area contributed by atoms with Crippen LogP contribution in [0.4, 0.5) is 11.4 Å². The quantitative estimate of drug-likeness (QED) is 0.348. The minimum atomic E-state index is -0.871. The van der Waals surface area contributed by atoms with Crippen molar-refractivity contribution in [3.05, 3.63) is 113 Å². The number of hydrogen-bond donors (Lipinski definition) is 3. The number of hydrogen-bond acceptors (Lipinski definition) is 6. The van der Waals surface area contributed by atoms with Crippen LogP contribution in [0.1, 0.15) is 58.2 Å². The van der Waals surface area contributed by atoms with Gasteiger partial charge < -0.3 is 30.4 Å². The number of piperazine rings is 1. The summed E-state index contributed by atoms with van der Waals surface area (Å²) in [6.45, 7) is 11.6. The number of aliphatic hydroxyl groups is 1. The van der Waals surface area contributed by atoms with Crippen molar-refractivity contribution in [1.29, 1.82) is 0 Å². The summed E-state index contributed by atoms with van der Waals surface area (Å²) in [7, 11) is 3.89. The van der Waals surface area contributed by atoms with Crippen molar-refractivity contribution in [2.24, 2.45) is 0 Å². The zero-order chi connectivity index (χ0) is 31.6. The van der Waals surface area contributed by atoms with Gasteiger partial charge in [-0.1, -0.05) is 45.0 Å². The molecule has 2 heterocycles. The second kappa shape index (κ2) is 12.7. The van der Waals surface area contributed by atoms with Gasteiger partial charge in [0.05, 0.1) is 5.70 Å². The second-order valence-corrected chi connectivity index (χ2v) is 12.8. The van der Waals surface area contributed by atoms with Crippen LogP contribution in [0.15, 0.2) is 84.7 Å². The summed E-state index contributed by atoms with van der Waals surface area (Å²) in [5.74, 6) is -0.126. The van der Waals surface area contributed by atoms with Crippen molar-refractivity contribution in [2.45, 2.75) is 39.3 Å². The molecular formula is C36H43N5O3. The lowest BCUT2D eigenvalue weighted by molar-refractivity contribution is 0.0664. The third kappa shape index (κ3) is 6.87. The maximum atomic E-state index is 13.1. The van der Waals surface area contributed by atoms with E-state index in [-0.39, 0.29) is 17.2 Å². The third-order valence-corrected chi connectivity index (χ3v) is 8.43. The summed E-state index contributed by atoms with van der Waals surface area (Å²) in [5, 5.41) is 17.4. The first-order valence-corrected chi connectivity index (χ1v) is 15.1. The van der Waals surface area contributed by atoms with Crippen molar-refractivity contribution in [1.82, 2.24) is 14.7 Å². The summed E-state index contributed by atoms with van der Waals surface area (Å²) < 4.78 is 0. The molecule has 0 aliphatic carbocycles. The van der Waals surface area contributed by atoms with Crippen LogP contribution in [0.25, 0.3) is 5.57 Å². The molecular weight excluding hydrogens is 550 g/mol. The molecule has 0 spiro atoms. The molecule has 5 rings (SSSR count). The van der Waals surface area contributed by atoms with Gasteiger partial charge in [0, 0.05) is 61.9 Å². The SMILES string of the molecule is Cc1c(NC(=O)c2ccc(C(C)(C)C)cc2)cccc1C1=CN(C)C(O)C(Nc2ccc(C(=O)N3CCN(C)CC3)cc2)=C1. The van der Waals surface area contributed by atoms with Gasteiger partial charge in [-0.2, -0.15) is 0 Å². The van der Waals surface area contributed by atoms with Crippen molar-refractivity contribution < 1.29 is 14.7 Å². The number of rotatable bonds is 6. The number of benzene rings is 3. The highest BCUT2D eigenvalue weighted by Crippen LogP contribution is 2.32. The first-order valence-electron chi connectivity index (χ1n) is 15.1. The van der Waals surface area contributed by atoms with Gasteiger partial charge in [-0.25, -0.2) is 0 Å². The molecule has 0 radical (unpaired) electrons. The summed E-state index contributed by atoms with van der Waals surface area (Å²) in [5.41, 5.74) is 7.31. The number of likely N-dealkylation sites (N-methyl/N-ethyl adjacent to an activating group) is 2. The maximum absolute atomic E-state index is 13.1. The van der Waals surface area contributed by atoms with Crippen LogP contribution in [0.3, 0.4) is 0 Å². The molecule has 1 atom stereocenters. The lowest BCUT2D eigenvalue weighted by Crippen LogP contribution is -2.47. The van der Waals surface area contributed by atoms with E-state index in [1.54, 1.807) is 4.90 Å². The van der Waals surface area contributed by atoms with E-state index in [1.165, 1.54) is 5.56 Å². The summed E-state index contributed by atoms with van der Waals surface area (Å²) in [6, 6.07) is 20.9. The van der Waals surface area contributed by atoms with Gasteiger partial charge in [0.2, 0.25) is 0 Å². The number of nitrogens with zero attached hydrogens (tertiary/aromatic N) is 3. The molecule has 8 heteroatoms. The predicted molar refractivity (Wildman–Crippen MR) is 178 cm³/mol. The van der Waals surface area contributed by atoms with Crippen LogP contribution in [-0.2, 0) is 5.41 Å². The summed E-state index contributed by atoms with van der Waals surface area (Å²) in [6.07, 6.45) is 2.95. The minimum absolute atomic E-state index is 0.0166. The van der Waals surface area contributed by atoms with E-state index in [2.05, 4.69) is 43.4 Å². The van der Waals surface area contributed by atoms with E-state index in [1.807, 2.05) is 97.9 Å². The Morgan fingerprint density at radius 3 is 2.14 bits per heavy atom. The Bertz CT molecular complexity index is 1580. The normalized spacial score (nSPS) is 17.6. The van der Waals surface area contributed by atoms with Crippen LogP contribution in [0, 0.1) is 6.92 Å². The zero-order valence-corrected chi connectivity index (χ0v) is 26.5. The molecule has 3 aromatic carbocycles. The molecule has 3 aromatic rings. The molecule has 230 valence electrons. The number of amides is 2. The van der Waals surface area contributed by atoms with Gasteiger partial charge in [0.25, 0.3) is 11.8 Å². The van der Waals surface area contributed by atoms with Gasteiger partial charge >= 0.3 is 0 Å². The monoisotopic (exact) mass is 593 g/mol. The Hall–Kier alpha value is -4.40. The van der Waals surface area contributed by atoms with Gasteiger partial charge in [-0.15, -0.1) is 0 Å². The van der Waals surface area contributed by atoms with Gasteiger partial charge in [-0.3, -0.25) is 9.59 Å². The number of nitrogens with one attached hydrogen (secondary N) is 2. The molecule has 1 saturated heterocycles. The van der Waals surface area contributed by atoms with Crippen LogP contribution >= 0.6 is 0 Å². The molecule has 0 saturated carbocycles. The van der Waals surface area contributed by atoms with E-state index in [0.29, 0.717) is 16.8 Å². The lowest BCUT2D eigenvalue weighted by atomic mass is 9.86. The number of anilines is 2. The van der Waals surface area contributed by atoms with Crippen molar-refractivity contribution >= 4 is 28.8 Å². The number of carbonyl (C=O) groups is 2. The second-order valence-electron chi connectivity index (χ2n) is 12.8. The molecule has 0 bridgehead atoms. The van der Waals surface area contributed by atoms with Crippen molar-refractivity contribution in [2.75, 3.05) is 50.9 Å². The van der Waals surface area contributed by atoms with E-state index >= 15 is 0 Å². The first kappa shape index (κ1) is 31.0. The highest BCUT2D eigenvalue weighted by atomic mass is 16.3. The highest BCUT2D eigenvalue weighted by molar-refractivity contribution is 6.05. The fraction of sp³-hybridized carbons (Fsp3) is 0.333. The molecule has 0 aromatic heterocycles. The van der Waals surface area contributed by atoms with E-state index in [0.717, 1.165) is 54.3 Å². The molecule has 2 amide bonds. The van der Waals surface area contributed by atoms with E-state index in [9.17, 15) is 14.7 Å². The fourth-order valence-corrected chi connectivity index (χ4v) is 5.49. The maximum Gasteiger partial charge on any atom is 0.255 e. The van der Waals surface area contributed by atoms with Gasteiger partial charge in [0.1, 0.15) is 0 Å². The fourth-order valence-electron chi connectivity index (χ4n) is 5.49. The van der Waals surface area contributed by atoms with Crippen molar-refractivity contribution in [3.63, 3.8) is 0 Å². The Labute approximate surface area is 260 Å². The summed E-state index contributed by atoms with van der Waals surface area (Å²) in [4.78, 5) is 31.9. The smallest absolute Gasteiger partial charge is 0.255 e. The average molecular weight is 594 g/mol. The Morgan fingerprint density at radius 1 is 0.864 bits per heavy atom. The topological polar surface area (TPSA) is 88.2 Å². The molecule has 2 aliphatic heterocycles. The van der Waals surface area contributed by atoms with Crippen molar-refractivity contribution in [3.8, 4) is 0 Å². The minimum Gasteiger partial charge on any atom is -0.368 e. The largest absolute Gasteiger partial charge is 0.368 e. The first-order chi connectivity index (χ1) is 20.9. The van der Waals surface area contributed by atoms with Crippen LogP contribution in [0.5, 0.6) is 0 Å². The third-order valence-electron chi connectivity index (χ3n) is 8.43. The average Bonchev–Trinajstić information content (AvgIpc) is 3.00. The van der Waals surface area contributed by atoms with Crippen LogP contribution < -0.4 is 10.6 Å². The number of carbonyl (C=O) groups excluding carboxylic acids is 2. The molecule has 44 heavy (non-hydrogen) atoms. The predicted octanol–water partition coefficient (Wildman–Crippen LogP) is 5.53. The lowest BCUT2D eigenvalue weighted by Gasteiger charge is -2.32. The van der Waals surface area contributed by atoms with Gasteiger partial charge in [-0.05, 0) is 90.2 Å². The highest BCUT2D eigenvalue weighted by Gasteiger charge is 2.23. The number of aliphatic hydroxyl groups excluding tert-OH is 1. The molecule has 8 nitrogen and oxygen atoms in total. The molecule has 1 unspecified atom stereocenters. The standard InChI is InChI=1S/C36H43N5O3/c1-24-30(8-7-9-31(24)38-33(42)25-10-14-28(15-11-25)36(2,3)4)27-22-32(35(44)40(6)23-27)37-29-16-12-26(13-17-29)34(43)41-20-18-39(5)19-21-41/h7-17,22-23,35,37,44H,18-21H2,1-6H3,(H,38,42). The van der Waals surface area contributed by atoms with Gasteiger partial charge in [0.15, 0.2) is 6.23 Å². The molecule has 1 fully saturated rings. The van der Waals surface area contributed by atoms with E-state index < -0.39 is 6.23 Å². The van der Waals surface area contributed by atoms with E-state index in [4.69, 9.17) is 0 Å². The van der Waals surface area contributed by atoms with Crippen LogP contribution in [-0.4, -0.2) is 78.1 Å². The molecule has 3 N–H and O–H groups in total. The zero-order valence-electron chi connectivity index (χ0n) is 26.5. The molecule has 2 aliphatic rings. The Morgan fingerprint density at radius 2 is 1.50 bits per heavy atom.